The summed E-state index contributed by atoms with van der Waals surface area (Å²) >= 11 is 0. The van der Waals surface area contributed by atoms with Gasteiger partial charge in [-0.05, 0) is 17.7 Å². The van der Waals surface area contributed by atoms with Crippen molar-refractivity contribution in [3.8, 4) is 5.75 Å². The molecule has 2 rings (SSSR count). The van der Waals surface area contributed by atoms with Gasteiger partial charge in [-0.2, -0.15) is 0 Å². The topological polar surface area (TPSA) is 56.8 Å². The van der Waals surface area contributed by atoms with Crippen LogP contribution in [0.15, 0.2) is 29.3 Å². The maximum Gasteiger partial charge on any atom is 0.573 e. The first kappa shape index (κ1) is 11.6. The zero-order chi connectivity index (χ0) is 12.5. The minimum Gasteiger partial charge on any atom is -0.455 e. The molecule has 7 heteroatoms. The van der Waals surface area contributed by atoms with Crippen LogP contribution in [0.25, 0.3) is 0 Å². The molecule has 0 amide bonds. The number of nitrogens with two attached hydrogens (primary N) is 1. The summed E-state index contributed by atoms with van der Waals surface area (Å²) in [5.41, 5.74) is 6.03. The van der Waals surface area contributed by atoms with Crippen molar-refractivity contribution in [3.05, 3.63) is 29.8 Å². The van der Waals surface area contributed by atoms with E-state index in [2.05, 4.69) is 9.73 Å². The van der Waals surface area contributed by atoms with Crippen LogP contribution in [0.4, 0.5) is 13.2 Å². The maximum absolute atomic E-state index is 11.9. The highest BCUT2D eigenvalue weighted by molar-refractivity contribution is 5.73. The van der Waals surface area contributed by atoms with Crippen LogP contribution in [0.1, 0.15) is 11.7 Å². The average molecular weight is 246 g/mol. The molecule has 92 valence electrons. The molecule has 0 saturated heterocycles. The Kier molecular flexibility index (Phi) is 2.83. The number of amidine groups is 1. The van der Waals surface area contributed by atoms with Crippen molar-refractivity contribution >= 4 is 6.02 Å². The molecule has 1 aliphatic heterocycles. The summed E-state index contributed by atoms with van der Waals surface area (Å²) < 4.78 is 44.6. The first-order valence-electron chi connectivity index (χ1n) is 4.76. The Balaban J connectivity index is 2.04. The molecule has 1 atom stereocenters. The molecule has 0 radical (unpaired) electrons. The number of rotatable bonds is 2. The van der Waals surface area contributed by atoms with Gasteiger partial charge in [0.15, 0.2) is 0 Å². The summed E-state index contributed by atoms with van der Waals surface area (Å²) in [6.07, 6.45) is -5.02. The molecule has 1 aromatic rings. The van der Waals surface area contributed by atoms with Gasteiger partial charge in [-0.25, -0.2) is 4.99 Å². The minimum absolute atomic E-state index is 0.0885. The maximum atomic E-state index is 11.9. The molecule has 4 nitrogen and oxygen atoms in total. The van der Waals surface area contributed by atoms with Crippen molar-refractivity contribution in [1.29, 1.82) is 0 Å². The molecule has 0 spiro atoms. The largest absolute Gasteiger partial charge is 0.573 e. The summed E-state index contributed by atoms with van der Waals surface area (Å²) in [6, 6.07) is 5.51. The molecule has 1 aromatic carbocycles. The zero-order valence-electron chi connectivity index (χ0n) is 8.57. The molecule has 0 fully saturated rings. The summed E-state index contributed by atoms with van der Waals surface area (Å²) in [7, 11) is 0. The van der Waals surface area contributed by atoms with Crippen molar-refractivity contribution in [3.63, 3.8) is 0 Å². The molecule has 1 unspecified atom stereocenters. The van der Waals surface area contributed by atoms with E-state index in [1.54, 1.807) is 0 Å². The van der Waals surface area contributed by atoms with E-state index in [1.807, 2.05) is 0 Å². The number of ether oxygens (including phenoxy) is 2. The summed E-state index contributed by atoms with van der Waals surface area (Å²) in [5, 5.41) is 0. The number of hydrogen-bond acceptors (Lipinski definition) is 4. The highest BCUT2D eigenvalue weighted by Crippen LogP contribution is 2.26. The average Bonchev–Trinajstić information content (AvgIpc) is 2.63. The van der Waals surface area contributed by atoms with Crippen LogP contribution in [-0.4, -0.2) is 18.9 Å². The lowest BCUT2D eigenvalue weighted by atomic mass is 10.1. The van der Waals surface area contributed by atoms with E-state index < -0.39 is 6.36 Å². The Morgan fingerprint density at radius 2 is 1.94 bits per heavy atom. The van der Waals surface area contributed by atoms with Crippen LogP contribution in [0.3, 0.4) is 0 Å². The molecule has 0 aliphatic carbocycles. The Morgan fingerprint density at radius 3 is 2.41 bits per heavy atom. The van der Waals surface area contributed by atoms with E-state index in [1.165, 1.54) is 24.3 Å². The van der Waals surface area contributed by atoms with Crippen LogP contribution < -0.4 is 10.5 Å². The third-order valence-corrected chi connectivity index (χ3v) is 2.16. The monoisotopic (exact) mass is 246 g/mol. The lowest BCUT2D eigenvalue weighted by Gasteiger charge is -2.12. The predicted molar refractivity (Wildman–Crippen MR) is 53.4 cm³/mol. The fourth-order valence-corrected chi connectivity index (χ4v) is 1.45. The number of halogens is 3. The SMILES string of the molecule is NC1=NCC(c2ccc(OC(F)(F)F)cc2)O1. The highest BCUT2D eigenvalue weighted by Gasteiger charge is 2.31. The van der Waals surface area contributed by atoms with Crippen molar-refractivity contribution < 1.29 is 22.6 Å². The molecule has 0 bridgehead atoms. The number of benzene rings is 1. The van der Waals surface area contributed by atoms with Crippen molar-refractivity contribution in [2.45, 2.75) is 12.5 Å². The smallest absolute Gasteiger partial charge is 0.455 e. The first-order valence-corrected chi connectivity index (χ1v) is 4.76. The number of hydrogen-bond donors (Lipinski definition) is 1. The Labute approximate surface area is 94.8 Å². The van der Waals surface area contributed by atoms with Gasteiger partial charge in [0.1, 0.15) is 11.9 Å². The van der Waals surface area contributed by atoms with Gasteiger partial charge in [0, 0.05) is 0 Å². The molecular weight excluding hydrogens is 237 g/mol. The molecule has 1 heterocycles. The summed E-state index contributed by atoms with van der Waals surface area (Å²) in [5.74, 6) is -0.270. The van der Waals surface area contributed by atoms with Gasteiger partial charge >= 0.3 is 6.36 Å². The summed E-state index contributed by atoms with van der Waals surface area (Å²) in [4.78, 5) is 3.84. The Bertz CT molecular complexity index is 428. The normalized spacial score (nSPS) is 19.7. The Hall–Kier alpha value is -1.92. The van der Waals surface area contributed by atoms with E-state index >= 15 is 0 Å². The fraction of sp³-hybridized carbons (Fsp3) is 0.300. The molecule has 17 heavy (non-hydrogen) atoms. The van der Waals surface area contributed by atoms with Gasteiger partial charge < -0.3 is 15.2 Å². The molecule has 1 aliphatic rings. The molecule has 0 aromatic heterocycles. The Morgan fingerprint density at radius 1 is 1.29 bits per heavy atom. The lowest BCUT2D eigenvalue weighted by molar-refractivity contribution is -0.274. The molecule has 0 saturated carbocycles. The van der Waals surface area contributed by atoms with Gasteiger partial charge in [0.05, 0.1) is 6.54 Å². The van der Waals surface area contributed by atoms with E-state index in [9.17, 15) is 13.2 Å². The molecular formula is C10H9F3N2O2. The second kappa shape index (κ2) is 4.15. The van der Waals surface area contributed by atoms with Crippen molar-refractivity contribution in [1.82, 2.24) is 0 Å². The summed E-state index contributed by atoms with van der Waals surface area (Å²) in [6.45, 7) is 0.366. The van der Waals surface area contributed by atoms with Crippen LogP contribution in [0, 0.1) is 0 Å². The third-order valence-electron chi connectivity index (χ3n) is 2.16. The number of alkyl halides is 3. The van der Waals surface area contributed by atoms with E-state index in [0.717, 1.165) is 0 Å². The molecule has 2 N–H and O–H groups in total. The van der Waals surface area contributed by atoms with Crippen LogP contribution in [0.2, 0.25) is 0 Å². The highest BCUT2D eigenvalue weighted by atomic mass is 19.4. The fourth-order valence-electron chi connectivity index (χ4n) is 1.45. The van der Waals surface area contributed by atoms with Crippen LogP contribution in [0.5, 0.6) is 5.75 Å². The third kappa shape index (κ3) is 3.02. The van der Waals surface area contributed by atoms with Crippen LogP contribution >= 0.6 is 0 Å². The number of nitrogens with zero attached hydrogens (tertiary/aromatic N) is 1. The van der Waals surface area contributed by atoms with Crippen molar-refractivity contribution in [2.24, 2.45) is 10.7 Å². The first-order chi connectivity index (χ1) is 7.94. The quantitative estimate of drug-likeness (QED) is 0.867. The van der Waals surface area contributed by atoms with E-state index in [4.69, 9.17) is 10.5 Å². The van der Waals surface area contributed by atoms with Gasteiger partial charge in [-0.3, -0.25) is 0 Å². The number of aliphatic imine (C=N–C) groups is 1. The second-order valence-corrected chi connectivity index (χ2v) is 3.40. The minimum atomic E-state index is -4.68. The van der Waals surface area contributed by atoms with E-state index in [-0.39, 0.29) is 17.9 Å². The second-order valence-electron chi connectivity index (χ2n) is 3.40. The predicted octanol–water partition coefficient (Wildman–Crippen LogP) is 1.97. The van der Waals surface area contributed by atoms with Crippen LogP contribution in [-0.2, 0) is 4.74 Å². The standard InChI is InChI=1S/C10H9F3N2O2/c11-10(12,13)17-7-3-1-6(2-4-7)8-5-15-9(14)16-8/h1-4,8H,5H2,(H2,14,15). The van der Waals surface area contributed by atoms with Gasteiger partial charge in [-0.15, -0.1) is 13.2 Å². The van der Waals surface area contributed by atoms with Gasteiger partial charge in [0.25, 0.3) is 6.02 Å². The van der Waals surface area contributed by atoms with Gasteiger partial charge in [-0.1, -0.05) is 12.1 Å². The lowest BCUT2D eigenvalue weighted by Crippen LogP contribution is -2.17. The van der Waals surface area contributed by atoms with E-state index in [0.29, 0.717) is 12.1 Å². The van der Waals surface area contributed by atoms with Crippen molar-refractivity contribution in [2.75, 3.05) is 6.54 Å². The zero-order valence-corrected chi connectivity index (χ0v) is 8.57. The van der Waals surface area contributed by atoms with Gasteiger partial charge in [0.2, 0.25) is 0 Å².